The van der Waals surface area contributed by atoms with Crippen molar-refractivity contribution in [3.05, 3.63) is 63.2 Å². The van der Waals surface area contributed by atoms with Crippen molar-refractivity contribution in [2.75, 3.05) is 18.9 Å². The Morgan fingerprint density at radius 1 is 1.11 bits per heavy atom. The fourth-order valence-corrected chi connectivity index (χ4v) is 3.75. The number of nitro benzene ring substituents is 1. The lowest BCUT2D eigenvalue weighted by atomic mass is 10.1. The predicted molar refractivity (Wildman–Crippen MR) is 102 cm³/mol. The summed E-state index contributed by atoms with van der Waals surface area (Å²) in [5.74, 6) is -0.500. The summed E-state index contributed by atoms with van der Waals surface area (Å²) in [6.07, 6.45) is 0. The first kappa shape index (κ1) is 20.5. The SMILES string of the molecule is Cc1ccc(S(=O)(=O)N(C)CC(=O)Nc2c(C)cccc2C)cc1[N+](=O)[O-]. The second kappa shape index (κ2) is 7.85. The first-order valence-corrected chi connectivity index (χ1v) is 9.55. The van der Waals surface area contributed by atoms with Gasteiger partial charge in [0.1, 0.15) is 0 Å². The zero-order valence-electron chi connectivity index (χ0n) is 15.5. The van der Waals surface area contributed by atoms with Crippen molar-refractivity contribution in [2.24, 2.45) is 0 Å². The predicted octanol–water partition coefficient (Wildman–Crippen LogP) is 2.78. The first-order chi connectivity index (χ1) is 12.5. The average molecular weight is 391 g/mol. The lowest BCUT2D eigenvalue weighted by Gasteiger charge is -2.18. The summed E-state index contributed by atoms with van der Waals surface area (Å²) in [5, 5.41) is 13.8. The van der Waals surface area contributed by atoms with Gasteiger partial charge < -0.3 is 5.32 Å². The topological polar surface area (TPSA) is 110 Å². The molecule has 144 valence electrons. The zero-order valence-corrected chi connectivity index (χ0v) is 16.3. The van der Waals surface area contributed by atoms with E-state index in [1.807, 2.05) is 32.0 Å². The number of sulfonamides is 1. The summed E-state index contributed by atoms with van der Waals surface area (Å²) in [7, 11) is -2.80. The quantitative estimate of drug-likeness (QED) is 0.601. The molecule has 2 aromatic carbocycles. The summed E-state index contributed by atoms with van der Waals surface area (Å²) in [5.41, 5.74) is 2.43. The molecule has 1 N–H and O–H groups in total. The minimum Gasteiger partial charge on any atom is -0.324 e. The van der Waals surface area contributed by atoms with Gasteiger partial charge in [0, 0.05) is 24.4 Å². The molecule has 0 aliphatic rings. The lowest BCUT2D eigenvalue weighted by Crippen LogP contribution is -2.35. The maximum Gasteiger partial charge on any atom is 0.273 e. The number of nitrogens with zero attached hydrogens (tertiary/aromatic N) is 2. The van der Waals surface area contributed by atoms with Crippen LogP contribution in [0.1, 0.15) is 16.7 Å². The Kier molecular flexibility index (Phi) is 5.97. The van der Waals surface area contributed by atoms with E-state index in [1.54, 1.807) is 0 Å². The van der Waals surface area contributed by atoms with E-state index in [9.17, 15) is 23.3 Å². The van der Waals surface area contributed by atoms with Crippen LogP contribution in [0.3, 0.4) is 0 Å². The van der Waals surface area contributed by atoms with Gasteiger partial charge in [-0.05, 0) is 38.0 Å². The number of hydrogen-bond acceptors (Lipinski definition) is 5. The molecule has 0 saturated heterocycles. The lowest BCUT2D eigenvalue weighted by molar-refractivity contribution is -0.385. The Morgan fingerprint density at radius 2 is 1.70 bits per heavy atom. The minimum atomic E-state index is -4.05. The largest absolute Gasteiger partial charge is 0.324 e. The van der Waals surface area contributed by atoms with Crippen molar-refractivity contribution in [2.45, 2.75) is 25.7 Å². The van der Waals surface area contributed by atoms with Crippen LogP contribution in [0.25, 0.3) is 0 Å². The molecule has 0 atom stereocenters. The van der Waals surface area contributed by atoms with Crippen molar-refractivity contribution in [1.82, 2.24) is 4.31 Å². The van der Waals surface area contributed by atoms with Gasteiger partial charge in [-0.3, -0.25) is 14.9 Å². The van der Waals surface area contributed by atoms with Crippen LogP contribution in [0, 0.1) is 30.9 Å². The fraction of sp³-hybridized carbons (Fsp3) is 0.278. The monoisotopic (exact) mass is 391 g/mol. The van der Waals surface area contributed by atoms with Crippen molar-refractivity contribution in [3.63, 3.8) is 0 Å². The van der Waals surface area contributed by atoms with Crippen LogP contribution in [-0.2, 0) is 14.8 Å². The number of nitro groups is 1. The number of anilines is 1. The van der Waals surface area contributed by atoms with E-state index in [4.69, 9.17) is 0 Å². The molecule has 8 nitrogen and oxygen atoms in total. The number of benzene rings is 2. The standard InChI is InChI=1S/C18H21N3O5S/c1-12-8-9-15(10-16(12)21(23)24)27(25,26)20(4)11-17(22)19-18-13(2)6-5-7-14(18)3/h5-10H,11H2,1-4H3,(H,19,22). The number of likely N-dealkylation sites (N-methyl/N-ethyl adjacent to an activating group) is 1. The van der Waals surface area contributed by atoms with Gasteiger partial charge in [-0.2, -0.15) is 4.31 Å². The average Bonchev–Trinajstić information content (AvgIpc) is 2.58. The highest BCUT2D eigenvalue weighted by Gasteiger charge is 2.26. The van der Waals surface area contributed by atoms with E-state index >= 15 is 0 Å². The Bertz CT molecular complexity index is 982. The maximum atomic E-state index is 12.7. The van der Waals surface area contributed by atoms with Crippen molar-refractivity contribution >= 4 is 27.3 Å². The minimum absolute atomic E-state index is 0.234. The summed E-state index contributed by atoms with van der Waals surface area (Å²) >= 11 is 0. The van der Waals surface area contributed by atoms with Gasteiger partial charge in [-0.15, -0.1) is 0 Å². The normalized spacial score (nSPS) is 11.4. The van der Waals surface area contributed by atoms with E-state index in [-0.39, 0.29) is 10.6 Å². The van der Waals surface area contributed by atoms with Gasteiger partial charge in [0.2, 0.25) is 15.9 Å². The Labute approximate surface area is 158 Å². The first-order valence-electron chi connectivity index (χ1n) is 8.11. The highest BCUT2D eigenvalue weighted by Crippen LogP contribution is 2.24. The Balaban J connectivity index is 2.21. The number of aryl methyl sites for hydroxylation is 3. The molecule has 2 aromatic rings. The van der Waals surface area contributed by atoms with E-state index in [0.717, 1.165) is 21.5 Å². The third-order valence-electron chi connectivity index (χ3n) is 4.20. The Hall–Kier alpha value is -2.78. The highest BCUT2D eigenvalue weighted by atomic mass is 32.2. The molecule has 0 unspecified atom stereocenters. The molecule has 0 saturated carbocycles. The molecule has 0 fully saturated rings. The summed E-state index contributed by atoms with van der Waals surface area (Å²) in [4.78, 5) is 22.5. The smallest absolute Gasteiger partial charge is 0.273 e. The summed E-state index contributed by atoms with van der Waals surface area (Å²) < 4.78 is 26.2. The molecule has 0 aliphatic carbocycles. The van der Waals surface area contributed by atoms with E-state index in [0.29, 0.717) is 11.3 Å². The van der Waals surface area contributed by atoms with E-state index in [2.05, 4.69) is 5.32 Å². The molecule has 0 spiro atoms. The van der Waals surface area contributed by atoms with Crippen LogP contribution in [0.5, 0.6) is 0 Å². The van der Waals surface area contributed by atoms with Crippen LogP contribution < -0.4 is 5.32 Å². The molecule has 0 radical (unpaired) electrons. The number of nitrogens with one attached hydrogen (secondary N) is 1. The van der Waals surface area contributed by atoms with Crippen LogP contribution in [0.2, 0.25) is 0 Å². The van der Waals surface area contributed by atoms with Gasteiger partial charge in [-0.1, -0.05) is 24.3 Å². The third kappa shape index (κ3) is 4.50. The van der Waals surface area contributed by atoms with Crippen LogP contribution in [0.15, 0.2) is 41.3 Å². The summed E-state index contributed by atoms with van der Waals surface area (Å²) in [6.45, 7) is 4.79. The molecule has 0 heterocycles. The highest BCUT2D eigenvalue weighted by molar-refractivity contribution is 7.89. The van der Waals surface area contributed by atoms with Crippen LogP contribution in [0.4, 0.5) is 11.4 Å². The second-order valence-electron chi connectivity index (χ2n) is 6.28. The van der Waals surface area contributed by atoms with Gasteiger partial charge >= 0.3 is 0 Å². The molecular weight excluding hydrogens is 370 g/mol. The number of hydrogen-bond donors (Lipinski definition) is 1. The fourth-order valence-electron chi connectivity index (χ4n) is 2.60. The van der Waals surface area contributed by atoms with Gasteiger partial charge in [0.15, 0.2) is 0 Å². The van der Waals surface area contributed by atoms with Crippen LogP contribution >= 0.6 is 0 Å². The molecule has 0 aliphatic heterocycles. The molecule has 0 bridgehead atoms. The summed E-state index contributed by atoms with van der Waals surface area (Å²) in [6, 6.07) is 9.21. The zero-order chi connectivity index (χ0) is 20.4. The van der Waals surface area contributed by atoms with Gasteiger partial charge in [0.05, 0.1) is 16.4 Å². The van der Waals surface area contributed by atoms with Crippen molar-refractivity contribution in [3.8, 4) is 0 Å². The molecule has 27 heavy (non-hydrogen) atoms. The van der Waals surface area contributed by atoms with Crippen LogP contribution in [-0.4, -0.2) is 37.1 Å². The second-order valence-corrected chi connectivity index (χ2v) is 8.33. The van der Waals surface area contributed by atoms with Crippen molar-refractivity contribution < 1.29 is 18.1 Å². The molecule has 2 rings (SSSR count). The van der Waals surface area contributed by atoms with Crippen molar-refractivity contribution in [1.29, 1.82) is 0 Å². The number of rotatable bonds is 6. The number of para-hydroxylation sites is 1. The van der Waals surface area contributed by atoms with Gasteiger partial charge in [-0.25, -0.2) is 8.42 Å². The Morgan fingerprint density at radius 3 is 2.26 bits per heavy atom. The van der Waals surface area contributed by atoms with E-state index in [1.165, 1.54) is 26.1 Å². The maximum absolute atomic E-state index is 12.7. The molecular formula is C18H21N3O5S. The molecule has 0 aromatic heterocycles. The van der Waals surface area contributed by atoms with E-state index < -0.39 is 27.4 Å². The molecule has 9 heteroatoms. The number of carbonyl (C=O) groups is 1. The number of amides is 1. The van der Waals surface area contributed by atoms with Gasteiger partial charge in [0.25, 0.3) is 5.69 Å². The molecule has 1 amide bonds. The third-order valence-corrected chi connectivity index (χ3v) is 6.00. The number of carbonyl (C=O) groups excluding carboxylic acids is 1.